The van der Waals surface area contributed by atoms with Gasteiger partial charge in [0.1, 0.15) is 0 Å². The summed E-state index contributed by atoms with van der Waals surface area (Å²) in [4.78, 5) is 29.2. The minimum atomic E-state index is -0.711. The van der Waals surface area contributed by atoms with Crippen LogP contribution in [0, 0.1) is 0 Å². The predicted octanol–water partition coefficient (Wildman–Crippen LogP) is 4.32. The molecule has 0 saturated carbocycles. The van der Waals surface area contributed by atoms with Gasteiger partial charge < -0.3 is 21.1 Å². The normalized spacial score (nSPS) is 15.5. The number of nitrogens with two attached hydrogens (primary N) is 1. The van der Waals surface area contributed by atoms with Crippen LogP contribution in [0.2, 0.25) is 5.02 Å². The predicted molar refractivity (Wildman–Crippen MR) is 136 cm³/mol. The van der Waals surface area contributed by atoms with Crippen molar-refractivity contribution < 1.29 is 14.7 Å². The van der Waals surface area contributed by atoms with Crippen LogP contribution in [0.5, 0.6) is 0 Å². The largest absolute Gasteiger partial charge is 0.481 e. The lowest BCUT2D eigenvalue weighted by Gasteiger charge is -2.32. The van der Waals surface area contributed by atoms with Gasteiger partial charge in [0.15, 0.2) is 0 Å². The Labute approximate surface area is 204 Å². The monoisotopic (exact) mass is 482 g/mol. The second-order valence-corrected chi connectivity index (χ2v) is 8.78. The number of hydrogen-bond donors (Lipinski definition) is 3. The van der Waals surface area contributed by atoms with Crippen molar-refractivity contribution in [1.29, 1.82) is 0 Å². The first kappa shape index (κ1) is 25.6. The molecular formula is C26H31ClN4O3. The van der Waals surface area contributed by atoms with Gasteiger partial charge in [-0.3, -0.25) is 9.59 Å². The number of piperazine rings is 1. The van der Waals surface area contributed by atoms with Crippen LogP contribution in [0.25, 0.3) is 22.2 Å². The summed E-state index contributed by atoms with van der Waals surface area (Å²) in [5, 5.41) is 12.7. The van der Waals surface area contributed by atoms with E-state index < -0.39 is 5.97 Å². The molecule has 7 nitrogen and oxygen atoms in total. The van der Waals surface area contributed by atoms with E-state index in [4.69, 9.17) is 27.4 Å². The Kier molecular flexibility index (Phi) is 8.98. The Hall–Kier alpha value is -3.00. The van der Waals surface area contributed by atoms with Crippen LogP contribution in [0.4, 0.5) is 0 Å². The van der Waals surface area contributed by atoms with E-state index in [1.807, 2.05) is 60.4 Å². The molecule has 34 heavy (non-hydrogen) atoms. The average Bonchev–Trinajstić information content (AvgIpc) is 2.83. The van der Waals surface area contributed by atoms with E-state index in [1.165, 1.54) is 0 Å². The number of hydrogen-bond acceptors (Lipinski definition) is 5. The number of amides is 1. The summed E-state index contributed by atoms with van der Waals surface area (Å²) in [7, 11) is 0. The summed E-state index contributed by atoms with van der Waals surface area (Å²) >= 11 is 6.52. The summed E-state index contributed by atoms with van der Waals surface area (Å²) in [5.41, 5.74) is 9.88. The van der Waals surface area contributed by atoms with Crippen molar-refractivity contribution in [2.75, 3.05) is 19.6 Å². The van der Waals surface area contributed by atoms with Crippen LogP contribution in [0.1, 0.15) is 42.6 Å². The van der Waals surface area contributed by atoms with Crippen LogP contribution in [0.15, 0.2) is 48.5 Å². The van der Waals surface area contributed by atoms with E-state index in [-0.39, 0.29) is 5.91 Å². The van der Waals surface area contributed by atoms with E-state index in [0.29, 0.717) is 42.7 Å². The number of halogens is 1. The topological polar surface area (TPSA) is 109 Å². The standard InChI is InChI=1S/C22H23ClN4O.C4H8O2/c1-14-13-27(8-7-25-14)22(28)17-5-6-18-19(23)11-20(26-21(18)10-17)16-4-2-3-15(9-16)12-24;1-2-3-4(5)6/h2-6,9-11,14,25H,7-8,12-13,24H2,1H3;2-3H2,1H3,(H,5,6)/t14-;/m1./s1. The second kappa shape index (κ2) is 11.9. The van der Waals surface area contributed by atoms with Crippen LogP contribution < -0.4 is 11.1 Å². The molecule has 1 aliphatic heterocycles. The number of aromatic nitrogens is 1. The molecule has 1 fully saturated rings. The molecule has 4 N–H and O–H groups in total. The zero-order valence-electron chi connectivity index (χ0n) is 19.6. The first-order valence-corrected chi connectivity index (χ1v) is 11.8. The fourth-order valence-corrected chi connectivity index (χ4v) is 4.10. The van der Waals surface area contributed by atoms with Crippen molar-refractivity contribution in [2.45, 2.75) is 39.3 Å². The van der Waals surface area contributed by atoms with Gasteiger partial charge in [0.25, 0.3) is 5.91 Å². The molecule has 1 saturated heterocycles. The molecule has 1 aromatic heterocycles. The number of nitrogens with one attached hydrogen (secondary N) is 1. The number of carboxylic acids is 1. The number of carbonyl (C=O) groups is 2. The quantitative estimate of drug-likeness (QED) is 0.499. The maximum atomic E-state index is 12.9. The van der Waals surface area contributed by atoms with Crippen LogP contribution in [-0.2, 0) is 11.3 Å². The average molecular weight is 483 g/mol. The van der Waals surface area contributed by atoms with Crippen LogP contribution >= 0.6 is 11.6 Å². The van der Waals surface area contributed by atoms with Crippen LogP contribution in [-0.4, -0.2) is 52.5 Å². The summed E-state index contributed by atoms with van der Waals surface area (Å²) in [5.74, 6) is -0.679. The third-order valence-corrected chi connectivity index (χ3v) is 5.90. The lowest BCUT2D eigenvalue weighted by molar-refractivity contribution is -0.137. The van der Waals surface area contributed by atoms with Gasteiger partial charge in [0.2, 0.25) is 0 Å². The molecule has 1 amide bonds. The van der Waals surface area contributed by atoms with Gasteiger partial charge in [0.05, 0.1) is 16.2 Å². The van der Waals surface area contributed by atoms with Crippen molar-refractivity contribution in [3.8, 4) is 11.3 Å². The molecule has 0 radical (unpaired) electrons. The summed E-state index contributed by atoms with van der Waals surface area (Å²) in [6.45, 7) is 6.62. The molecule has 1 aliphatic rings. The minimum absolute atomic E-state index is 0.0312. The smallest absolute Gasteiger partial charge is 0.303 e. The van der Waals surface area contributed by atoms with Gasteiger partial charge in [-0.25, -0.2) is 4.98 Å². The van der Waals surface area contributed by atoms with Crippen molar-refractivity contribution in [2.24, 2.45) is 5.73 Å². The molecule has 0 aliphatic carbocycles. The van der Waals surface area contributed by atoms with Crippen LogP contribution in [0.3, 0.4) is 0 Å². The van der Waals surface area contributed by atoms with E-state index in [1.54, 1.807) is 0 Å². The zero-order chi connectivity index (χ0) is 24.7. The van der Waals surface area contributed by atoms with Gasteiger partial charge in [-0.15, -0.1) is 0 Å². The first-order valence-electron chi connectivity index (χ1n) is 11.5. The maximum absolute atomic E-state index is 12.9. The maximum Gasteiger partial charge on any atom is 0.303 e. The van der Waals surface area contributed by atoms with E-state index in [9.17, 15) is 9.59 Å². The van der Waals surface area contributed by atoms with Gasteiger partial charge in [-0.1, -0.05) is 42.8 Å². The first-order chi connectivity index (χ1) is 16.3. The molecule has 1 atom stereocenters. The Morgan fingerprint density at radius 2 is 2.03 bits per heavy atom. The molecule has 2 heterocycles. The highest BCUT2D eigenvalue weighted by molar-refractivity contribution is 6.35. The third-order valence-electron chi connectivity index (χ3n) is 5.58. The fraction of sp³-hybridized carbons (Fsp3) is 0.346. The number of carboxylic acid groups (broad SMARTS) is 1. The van der Waals surface area contributed by atoms with E-state index >= 15 is 0 Å². The summed E-state index contributed by atoms with van der Waals surface area (Å²) < 4.78 is 0. The van der Waals surface area contributed by atoms with E-state index in [0.717, 1.165) is 40.7 Å². The molecule has 0 bridgehead atoms. The number of pyridine rings is 1. The highest BCUT2D eigenvalue weighted by Crippen LogP contribution is 2.29. The van der Waals surface area contributed by atoms with Gasteiger partial charge in [0, 0.05) is 55.2 Å². The van der Waals surface area contributed by atoms with Crippen molar-refractivity contribution in [3.63, 3.8) is 0 Å². The molecule has 180 valence electrons. The van der Waals surface area contributed by atoms with Gasteiger partial charge >= 0.3 is 5.97 Å². The van der Waals surface area contributed by atoms with E-state index in [2.05, 4.69) is 12.2 Å². The number of nitrogens with zero attached hydrogens (tertiary/aromatic N) is 2. The molecule has 0 unspecified atom stereocenters. The molecule has 3 aromatic rings. The Bertz CT molecular complexity index is 1170. The highest BCUT2D eigenvalue weighted by Gasteiger charge is 2.22. The molecule has 2 aromatic carbocycles. The van der Waals surface area contributed by atoms with Crippen molar-refractivity contribution in [1.82, 2.24) is 15.2 Å². The minimum Gasteiger partial charge on any atom is -0.481 e. The summed E-state index contributed by atoms with van der Waals surface area (Å²) in [6, 6.07) is 15.7. The SMILES string of the molecule is CCCC(=O)O.C[C@@H]1CN(C(=O)c2ccc3c(Cl)cc(-c4cccc(CN)c4)nc3c2)CCN1. The highest BCUT2D eigenvalue weighted by atomic mass is 35.5. The van der Waals surface area contributed by atoms with Crippen molar-refractivity contribution >= 4 is 34.4 Å². The molecule has 0 spiro atoms. The third kappa shape index (κ3) is 6.53. The lowest BCUT2D eigenvalue weighted by atomic mass is 10.0. The Morgan fingerprint density at radius 1 is 1.24 bits per heavy atom. The second-order valence-electron chi connectivity index (χ2n) is 8.38. The van der Waals surface area contributed by atoms with Gasteiger partial charge in [-0.2, -0.15) is 0 Å². The zero-order valence-corrected chi connectivity index (χ0v) is 20.3. The fourth-order valence-electron chi connectivity index (χ4n) is 3.84. The number of carbonyl (C=O) groups excluding carboxylic acids is 1. The molecule has 4 rings (SSSR count). The van der Waals surface area contributed by atoms with Crippen molar-refractivity contribution in [3.05, 3.63) is 64.7 Å². The number of rotatable bonds is 5. The number of fused-ring (bicyclic) bond motifs is 1. The summed E-state index contributed by atoms with van der Waals surface area (Å²) in [6.07, 6.45) is 1.02. The Morgan fingerprint density at radius 3 is 2.68 bits per heavy atom. The van der Waals surface area contributed by atoms with Gasteiger partial charge in [-0.05, 0) is 43.2 Å². The number of benzene rings is 2. The Balaban J connectivity index is 0.000000481. The molecular weight excluding hydrogens is 452 g/mol. The lowest BCUT2D eigenvalue weighted by Crippen LogP contribution is -2.51. The number of aliphatic carboxylic acids is 1. The molecule has 8 heteroatoms.